The van der Waals surface area contributed by atoms with Crippen molar-refractivity contribution in [1.82, 2.24) is 5.16 Å². The summed E-state index contributed by atoms with van der Waals surface area (Å²) >= 11 is 0. The highest BCUT2D eigenvalue weighted by atomic mass is 32.2. The highest BCUT2D eigenvalue weighted by Gasteiger charge is 2.25. The van der Waals surface area contributed by atoms with Crippen molar-refractivity contribution in [3.8, 4) is 11.1 Å². The van der Waals surface area contributed by atoms with E-state index in [1.807, 2.05) is 26.0 Å². The molecule has 2 N–H and O–H groups in total. The smallest absolute Gasteiger partial charge is 0.238 e. The molecule has 1 fully saturated rings. The monoisotopic (exact) mass is 320 g/mol. The van der Waals surface area contributed by atoms with Crippen molar-refractivity contribution in [2.75, 3.05) is 0 Å². The van der Waals surface area contributed by atoms with Crippen molar-refractivity contribution in [3.63, 3.8) is 0 Å². The fourth-order valence-corrected chi connectivity index (χ4v) is 4.26. The van der Waals surface area contributed by atoms with Crippen molar-refractivity contribution in [2.45, 2.75) is 50.3 Å². The summed E-state index contributed by atoms with van der Waals surface area (Å²) in [5.41, 5.74) is 3.20. The lowest BCUT2D eigenvalue weighted by atomic mass is 9.94. The normalized spacial score (nSPS) is 16.3. The van der Waals surface area contributed by atoms with Crippen LogP contribution in [-0.2, 0) is 10.0 Å². The van der Waals surface area contributed by atoms with Crippen molar-refractivity contribution in [3.05, 3.63) is 35.2 Å². The molecule has 3 rings (SSSR count). The molecule has 0 saturated heterocycles. The predicted octanol–water partition coefficient (Wildman–Crippen LogP) is 3.26. The van der Waals surface area contributed by atoms with E-state index in [9.17, 15) is 8.42 Å². The first-order chi connectivity index (χ1) is 10.4. The van der Waals surface area contributed by atoms with Crippen LogP contribution in [0.3, 0.4) is 0 Å². The molecule has 1 saturated carbocycles. The first kappa shape index (κ1) is 15.2. The number of nitrogens with zero attached hydrogens (tertiary/aromatic N) is 1. The predicted molar refractivity (Wildman–Crippen MR) is 84.0 cm³/mol. The van der Waals surface area contributed by atoms with E-state index in [1.165, 1.54) is 0 Å². The molecular formula is C16H20N2O3S. The Kier molecular flexibility index (Phi) is 3.82. The second-order valence-corrected chi connectivity index (χ2v) is 7.51. The van der Waals surface area contributed by atoms with Gasteiger partial charge in [0.05, 0.1) is 10.6 Å². The molecule has 0 aliphatic heterocycles. The Labute approximate surface area is 130 Å². The SMILES string of the molecule is Cc1noc(C)c1-c1ccc(C2CCCC2)c(S(N)(=O)=O)c1. The van der Waals surface area contributed by atoms with Crippen LogP contribution < -0.4 is 5.14 Å². The Morgan fingerprint density at radius 2 is 1.91 bits per heavy atom. The molecule has 0 spiro atoms. The summed E-state index contributed by atoms with van der Waals surface area (Å²) in [5, 5.41) is 9.39. The van der Waals surface area contributed by atoms with Crippen molar-refractivity contribution in [1.29, 1.82) is 0 Å². The fraction of sp³-hybridized carbons (Fsp3) is 0.438. The standard InChI is InChI=1S/C16H20N2O3S/c1-10-16(11(2)21-18-10)13-7-8-14(12-5-3-4-6-12)15(9-13)22(17,19)20/h7-9,12H,3-6H2,1-2H3,(H2,17,19,20). The van der Waals surface area contributed by atoms with Gasteiger partial charge in [-0.25, -0.2) is 13.6 Å². The van der Waals surface area contributed by atoms with Crippen LogP contribution in [0, 0.1) is 13.8 Å². The molecule has 1 heterocycles. The number of benzene rings is 1. The van der Waals surface area contributed by atoms with Crippen molar-refractivity contribution < 1.29 is 12.9 Å². The third-order valence-corrected chi connectivity index (χ3v) is 5.40. The molecule has 0 atom stereocenters. The van der Waals surface area contributed by atoms with Gasteiger partial charge in [0.2, 0.25) is 10.0 Å². The second-order valence-electron chi connectivity index (χ2n) is 5.98. The van der Waals surface area contributed by atoms with Crippen LogP contribution in [0.5, 0.6) is 0 Å². The summed E-state index contributed by atoms with van der Waals surface area (Å²) in [7, 11) is -3.76. The van der Waals surface area contributed by atoms with Crippen LogP contribution in [0.1, 0.15) is 48.6 Å². The molecule has 2 aromatic rings. The molecule has 6 heteroatoms. The number of nitrogens with two attached hydrogens (primary N) is 1. The summed E-state index contributed by atoms with van der Waals surface area (Å²) in [6.45, 7) is 3.66. The van der Waals surface area contributed by atoms with Gasteiger partial charge in [-0.15, -0.1) is 0 Å². The van der Waals surface area contributed by atoms with E-state index in [2.05, 4.69) is 5.16 Å². The molecular weight excluding hydrogens is 300 g/mol. The lowest BCUT2D eigenvalue weighted by Gasteiger charge is -2.15. The van der Waals surface area contributed by atoms with E-state index < -0.39 is 10.0 Å². The number of rotatable bonds is 3. The first-order valence-electron chi connectivity index (χ1n) is 7.48. The van der Waals surface area contributed by atoms with E-state index in [4.69, 9.17) is 9.66 Å². The molecule has 1 aliphatic rings. The maximum Gasteiger partial charge on any atom is 0.238 e. The average molecular weight is 320 g/mol. The van der Waals surface area contributed by atoms with Gasteiger partial charge in [-0.1, -0.05) is 30.1 Å². The van der Waals surface area contributed by atoms with Gasteiger partial charge >= 0.3 is 0 Å². The quantitative estimate of drug-likeness (QED) is 0.940. The molecule has 0 unspecified atom stereocenters. The Morgan fingerprint density at radius 3 is 2.45 bits per heavy atom. The highest BCUT2D eigenvalue weighted by molar-refractivity contribution is 7.89. The van der Waals surface area contributed by atoms with Gasteiger partial charge in [-0.3, -0.25) is 0 Å². The lowest BCUT2D eigenvalue weighted by molar-refractivity contribution is 0.393. The minimum absolute atomic E-state index is 0.233. The Hall–Kier alpha value is -1.66. The van der Waals surface area contributed by atoms with Crippen LogP contribution in [0.15, 0.2) is 27.6 Å². The highest BCUT2D eigenvalue weighted by Crippen LogP contribution is 2.39. The molecule has 0 amide bonds. The zero-order chi connectivity index (χ0) is 15.9. The molecule has 1 aromatic carbocycles. The average Bonchev–Trinajstić information content (AvgIpc) is 3.08. The lowest BCUT2D eigenvalue weighted by Crippen LogP contribution is -2.16. The molecule has 1 aromatic heterocycles. The number of hydrogen-bond acceptors (Lipinski definition) is 4. The first-order valence-corrected chi connectivity index (χ1v) is 9.02. The van der Waals surface area contributed by atoms with Gasteiger partial charge in [0, 0.05) is 5.56 Å². The van der Waals surface area contributed by atoms with Crippen LogP contribution in [0.25, 0.3) is 11.1 Å². The zero-order valence-corrected chi connectivity index (χ0v) is 13.6. The molecule has 118 valence electrons. The summed E-state index contributed by atoms with van der Waals surface area (Å²) in [5.74, 6) is 0.957. The van der Waals surface area contributed by atoms with E-state index >= 15 is 0 Å². The molecule has 1 aliphatic carbocycles. The topological polar surface area (TPSA) is 86.2 Å². The van der Waals surface area contributed by atoms with E-state index in [1.54, 1.807) is 6.07 Å². The third kappa shape index (κ3) is 2.68. The maximum absolute atomic E-state index is 12.0. The van der Waals surface area contributed by atoms with E-state index in [0.717, 1.165) is 48.1 Å². The minimum atomic E-state index is -3.76. The van der Waals surface area contributed by atoms with Gasteiger partial charge in [0.15, 0.2) is 0 Å². The number of aryl methyl sites for hydroxylation is 2. The number of primary sulfonamides is 1. The van der Waals surface area contributed by atoms with Gasteiger partial charge in [-0.2, -0.15) is 0 Å². The van der Waals surface area contributed by atoms with Crippen LogP contribution in [0.4, 0.5) is 0 Å². The largest absolute Gasteiger partial charge is 0.361 e. The summed E-state index contributed by atoms with van der Waals surface area (Å²) < 4.78 is 29.3. The zero-order valence-electron chi connectivity index (χ0n) is 12.8. The number of hydrogen-bond donors (Lipinski definition) is 1. The molecule has 0 radical (unpaired) electrons. The fourth-order valence-electron chi connectivity index (χ4n) is 3.41. The van der Waals surface area contributed by atoms with Gasteiger partial charge in [0.25, 0.3) is 0 Å². The Bertz CT molecular complexity index is 783. The summed E-state index contributed by atoms with van der Waals surface area (Å²) in [6.07, 6.45) is 4.32. The summed E-state index contributed by atoms with van der Waals surface area (Å²) in [4.78, 5) is 0.233. The van der Waals surface area contributed by atoms with Crippen LogP contribution in [-0.4, -0.2) is 13.6 Å². The van der Waals surface area contributed by atoms with Gasteiger partial charge in [-0.05, 0) is 49.8 Å². The van der Waals surface area contributed by atoms with Gasteiger partial charge in [0.1, 0.15) is 5.76 Å². The molecule has 0 bridgehead atoms. The second kappa shape index (κ2) is 5.52. The van der Waals surface area contributed by atoms with E-state index in [0.29, 0.717) is 5.76 Å². The molecule has 5 nitrogen and oxygen atoms in total. The minimum Gasteiger partial charge on any atom is -0.361 e. The van der Waals surface area contributed by atoms with Crippen LogP contribution in [0.2, 0.25) is 0 Å². The van der Waals surface area contributed by atoms with Crippen molar-refractivity contribution in [2.24, 2.45) is 5.14 Å². The summed E-state index contributed by atoms with van der Waals surface area (Å²) in [6, 6.07) is 5.50. The van der Waals surface area contributed by atoms with E-state index in [-0.39, 0.29) is 10.8 Å². The Morgan fingerprint density at radius 1 is 1.23 bits per heavy atom. The maximum atomic E-state index is 12.0. The van der Waals surface area contributed by atoms with Crippen LogP contribution >= 0.6 is 0 Å². The Balaban J connectivity index is 2.16. The molecule has 22 heavy (non-hydrogen) atoms. The van der Waals surface area contributed by atoms with Gasteiger partial charge < -0.3 is 4.52 Å². The number of aromatic nitrogens is 1. The number of sulfonamides is 1. The third-order valence-electron chi connectivity index (χ3n) is 4.44. The van der Waals surface area contributed by atoms with Crippen molar-refractivity contribution >= 4 is 10.0 Å².